The average molecular weight is 315 g/mol. The summed E-state index contributed by atoms with van der Waals surface area (Å²) >= 11 is 0. The molecule has 0 bridgehead atoms. The Balaban J connectivity index is 1.44. The van der Waals surface area contributed by atoms with Crippen LogP contribution in [0.2, 0.25) is 0 Å². The fourth-order valence-electron chi connectivity index (χ4n) is 4.10. The maximum Gasteiger partial charge on any atom is 0.191 e. The van der Waals surface area contributed by atoms with Crippen molar-refractivity contribution in [2.45, 2.75) is 45.3 Å². The quantitative estimate of drug-likeness (QED) is 0.499. The van der Waals surface area contributed by atoms with Crippen molar-refractivity contribution in [1.29, 1.82) is 0 Å². The van der Waals surface area contributed by atoms with Crippen molar-refractivity contribution in [2.75, 3.05) is 20.2 Å². The highest BCUT2D eigenvalue weighted by Crippen LogP contribution is 2.52. The van der Waals surface area contributed by atoms with Gasteiger partial charge >= 0.3 is 0 Å². The molecule has 1 aliphatic heterocycles. The topological polar surface area (TPSA) is 45.7 Å². The molecular formula is C19H29N3O. The minimum absolute atomic E-state index is 0.183. The van der Waals surface area contributed by atoms with E-state index in [-0.39, 0.29) is 5.41 Å². The van der Waals surface area contributed by atoms with Crippen LogP contribution in [0, 0.1) is 11.3 Å². The number of nitrogens with zero attached hydrogens (tertiary/aromatic N) is 1. The summed E-state index contributed by atoms with van der Waals surface area (Å²) in [6, 6.07) is 11.1. The van der Waals surface area contributed by atoms with Crippen LogP contribution in [0.5, 0.6) is 0 Å². The summed E-state index contributed by atoms with van der Waals surface area (Å²) in [6.07, 6.45) is 3.78. The summed E-state index contributed by atoms with van der Waals surface area (Å²) in [5, 5.41) is 7.08. The number of aliphatic imine (C=N–C) groups is 1. The molecule has 0 spiro atoms. The Morgan fingerprint density at radius 2 is 2.09 bits per heavy atom. The van der Waals surface area contributed by atoms with Crippen LogP contribution in [0.3, 0.4) is 0 Å². The number of hydrogen-bond donors (Lipinski definition) is 2. The largest absolute Gasteiger partial charge is 0.377 e. The molecule has 1 heterocycles. The predicted octanol–water partition coefficient (Wildman–Crippen LogP) is 2.60. The highest BCUT2D eigenvalue weighted by atomic mass is 16.5. The van der Waals surface area contributed by atoms with Crippen molar-refractivity contribution in [1.82, 2.24) is 10.6 Å². The third kappa shape index (κ3) is 3.37. The van der Waals surface area contributed by atoms with E-state index in [2.05, 4.69) is 59.8 Å². The molecule has 1 aliphatic carbocycles. The van der Waals surface area contributed by atoms with E-state index in [0.29, 0.717) is 18.1 Å². The van der Waals surface area contributed by atoms with Crippen LogP contribution in [0.15, 0.2) is 35.3 Å². The van der Waals surface area contributed by atoms with Crippen molar-refractivity contribution in [3.63, 3.8) is 0 Å². The van der Waals surface area contributed by atoms with E-state index in [1.807, 2.05) is 7.05 Å². The van der Waals surface area contributed by atoms with E-state index in [1.54, 1.807) is 0 Å². The van der Waals surface area contributed by atoms with Crippen LogP contribution in [-0.4, -0.2) is 38.3 Å². The van der Waals surface area contributed by atoms with Crippen LogP contribution >= 0.6 is 0 Å². The van der Waals surface area contributed by atoms with Crippen molar-refractivity contribution in [3.05, 3.63) is 35.9 Å². The molecule has 0 radical (unpaired) electrons. The summed E-state index contributed by atoms with van der Waals surface area (Å²) in [6.45, 7) is 6.42. The molecule has 1 aromatic carbocycles. The zero-order valence-electron chi connectivity index (χ0n) is 14.5. The first-order valence-corrected chi connectivity index (χ1v) is 8.75. The lowest BCUT2D eigenvalue weighted by Crippen LogP contribution is -2.67. The summed E-state index contributed by atoms with van der Waals surface area (Å²) < 4.78 is 5.86. The van der Waals surface area contributed by atoms with Gasteiger partial charge in [-0.25, -0.2) is 0 Å². The van der Waals surface area contributed by atoms with E-state index in [9.17, 15) is 0 Å². The van der Waals surface area contributed by atoms with Gasteiger partial charge in [0, 0.05) is 37.6 Å². The molecular weight excluding hydrogens is 286 g/mol. The van der Waals surface area contributed by atoms with Gasteiger partial charge in [-0.1, -0.05) is 44.2 Å². The van der Waals surface area contributed by atoms with Crippen LogP contribution < -0.4 is 10.6 Å². The van der Waals surface area contributed by atoms with Gasteiger partial charge in [-0.2, -0.15) is 0 Å². The van der Waals surface area contributed by atoms with Gasteiger partial charge in [0.25, 0.3) is 0 Å². The molecule has 4 heteroatoms. The van der Waals surface area contributed by atoms with Gasteiger partial charge in [0.05, 0.1) is 6.10 Å². The smallest absolute Gasteiger partial charge is 0.191 e. The van der Waals surface area contributed by atoms with Gasteiger partial charge < -0.3 is 15.4 Å². The Bertz CT molecular complexity index is 541. The zero-order valence-corrected chi connectivity index (χ0v) is 14.5. The molecule has 1 saturated carbocycles. The van der Waals surface area contributed by atoms with Gasteiger partial charge in [0.1, 0.15) is 0 Å². The normalized spacial score (nSPS) is 28.8. The minimum atomic E-state index is 0.183. The number of fused-ring (bicyclic) bond motifs is 1. The number of guanidine groups is 1. The predicted molar refractivity (Wildman–Crippen MR) is 94.7 cm³/mol. The lowest BCUT2D eigenvalue weighted by atomic mass is 9.57. The first kappa shape index (κ1) is 16.3. The summed E-state index contributed by atoms with van der Waals surface area (Å²) in [5.74, 6) is 1.55. The van der Waals surface area contributed by atoms with Crippen molar-refractivity contribution < 1.29 is 4.74 Å². The fraction of sp³-hybridized carbons (Fsp3) is 0.632. The summed E-state index contributed by atoms with van der Waals surface area (Å²) in [5.41, 5.74) is 1.58. The molecule has 0 amide bonds. The Morgan fingerprint density at radius 1 is 1.30 bits per heavy atom. The molecule has 0 aromatic heterocycles. The Hall–Kier alpha value is -1.55. The van der Waals surface area contributed by atoms with Gasteiger partial charge in [-0.3, -0.25) is 4.99 Å². The van der Waals surface area contributed by atoms with E-state index in [0.717, 1.165) is 38.4 Å². The highest BCUT2D eigenvalue weighted by molar-refractivity contribution is 5.80. The lowest BCUT2D eigenvalue weighted by Gasteiger charge is -2.54. The number of ether oxygens (including phenoxy) is 1. The van der Waals surface area contributed by atoms with Crippen LogP contribution in [0.25, 0.3) is 0 Å². The molecule has 1 saturated heterocycles. The minimum Gasteiger partial charge on any atom is -0.377 e. The molecule has 23 heavy (non-hydrogen) atoms. The molecule has 1 aromatic rings. The second kappa shape index (κ2) is 6.91. The standard InChI is InChI=1S/C19H29N3O/c1-19(2)16(15-11-13-23-17(15)19)22-18(20-3)21-12-7-10-14-8-5-4-6-9-14/h4-6,8-9,15-17H,7,10-13H2,1-3H3,(H2,20,21,22). The zero-order chi connectivity index (χ0) is 16.3. The number of aryl methyl sites for hydroxylation is 1. The lowest BCUT2D eigenvalue weighted by molar-refractivity contribution is -0.106. The van der Waals surface area contributed by atoms with E-state index < -0.39 is 0 Å². The van der Waals surface area contributed by atoms with Crippen LogP contribution in [0.4, 0.5) is 0 Å². The Morgan fingerprint density at radius 3 is 2.83 bits per heavy atom. The molecule has 2 N–H and O–H groups in total. The molecule has 3 unspecified atom stereocenters. The Kier molecular flexibility index (Phi) is 4.90. The maximum atomic E-state index is 5.86. The first-order chi connectivity index (χ1) is 11.1. The maximum absolute atomic E-state index is 5.86. The second-order valence-electron chi connectivity index (χ2n) is 7.28. The van der Waals surface area contributed by atoms with Crippen LogP contribution in [-0.2, 0) is 11.2 Å². The molecule has 3 rings (SSSR count). The third-order valence-corrected chi connectivity index (χ3v) is 5.39. The summed E-state index contributed by atoms with van der Waals surface area (Å²) in [7, 11) is 1.85. The molecule has 3 atom stereocenters. The number of nitrogens with one attached hydrogen (secondary N) is 2. The van der Waals surface area contributed by atoms with E-state index >= 15 is 0 Å². The van der Waals surface area contributed by atoms with Gasteiger partial charge in [0.15, 0.2) is 5.96 Å². The highest BCUT2D eigenvalue weighted by Gasteiger charge is 2.59. The first-order valence-electron chi connectivity index (χ1n) is 8.75. The number of rotatable bonds is 5. The number of benzene rings is 1. The third-order valence-electron chi connectivity index (χ3n) is 5.39. The Labute approximate surface area is 139 Å². The molecule has 4 nitrogen and oxygen atoms in total. The van der Waals surface area contributed by atoms with Crippen molar-refractivity contribution >= 4 is 5.96 Å². The van der Waals surface area contributed by atoms with E-state index in [1.165, 1.54) is 5.56 Å². The van der Waals surface area contributed by atoms with Crippen molar-refractivity contribution in [3.8, 4) is 0 Å². The second-order valence-corrected chi connectivity index (χ2v) is 7.28. The SMILES string of the molecule is CN=C(NCCCc1ccccc1)NC1C2CCOC2C1(C)C. The molecule has 2 aliphatic rings. The number of hydrogen-bond acceptors (Lipinski definition) is 2. The molecule has 2 fully saturated rings. The van der Waals surface area contributed by atoms with Gasteiger partial charge in [-0.15, -0.1) is 0 Å². The van der Waals surface area contributed by atoms with Crippen LogP contribution in [0.1, 0.15) is 32.3 Å². The monoisotopic (exact) mass is 315 g/mol. The summed E-state index contributed by atoms with van der Waals surface area (Å²) in [4.78, 5) is 4.39. The van der Waals surface area contributed by atoms with Crippen molar-refractivity contribution in [2.24, 2.45) is 16.3 Å². The van der Waals surface area contributed by atoms with Gasteiger partial charge in [0.2, 0.25) is 0 Å². The van der Waals surface area contributed by atoms with E-state index in [4.69, 9.17) is 4.74 Å². The van der Waals surface area contributed by atoms with Gasteiger partial charge in [-0.05, 0) is 24.8 Å². The average Bonchev–Trinajstić information content (AvgIpc) is 3.02. The molecule has 126 valence electrons. The fourth-order valence-corrected chi connectivity index (χ4v) is 4.10.